The number of nitrogens with zero attached hydrogens (tertiary/aromatic N) is 4. The molecule has 2 heterocycles. The molecule has 0 aliphatic carbocycles. The van der Waals surface area contributed by atoms with Gasteiger partial charge in [-0.15, -0.1) is 0 Å². The molecule has 0 radical (unpaired) electrons. The molecule has 0 aliphatic rings. The molecule has 0 amide bonds. The van der Waals surface area contributed by atoms with Crippen molar-refractivity contribution in [2.45, 2.75) is 13.8 Å². The average Bonchev–Trinajstić information content (AvgIpc) is 2.96. The Kier molecular flexibility index (Phi) is 3.08. The first-order valence-electron chi connectivity index (χ1n) is 6.45. The van der Waals surface area contributed by atoms with Crippen LogP contribution in [0.5, 0.6) is 0 Å². The number of benzene rings is 1. The van der Waals surface area contributed by atoms with Crippen LogP contribution in [-0.2, 0) is 7.05 Å². The lowest BCUT2D eigenvalue weighted by atomic mass is 10.2. The van der Waals surface area contributed by atoms with E-state index in [1.54, 1.807) is 24.0 Å². The molecule has 0 fully saturated rings. The molecule has 1 aromatic carbocycles. The predicted octanol–water partition coefficient (Wildman–Crippen LogP) is 2.18. The third-order valence-corrected chi connectivity index (χ3v) is 3.22. The maximum absolute atomic E-state index is 14.1. The molecule has 0 atom stereocenters. The number of hydrogen-bond acceptors (Lipinski definition) is 1. The van der Waals surface area contributed by atoms with Crippen molar-refractivity contribution in [1.82, 2.24) is 14.3 Å². The van der Waals surface area contributed by atoms with Crippen LogP contribution < -0.4 is 4.57 Å². The highest BCUT2D eigenvalue weighted by atomic mass is 19.1. The zero-order valence-electron chi connectivity index (χ0n) is 11.9. The molecule has 0 N–H and O–H groups in total. The van der Waals surface area contributed by atoms with Gasteiger partial charge in [-0.05, 0) is 26.0 Å². The van der Waals surface area contributed by atoms with E-state index < -0.39 is 11.6 Å². The highest BCUT2D eigenvalue weighted by Crippen LogP contribution is 2.22. The first-order chi connectivity index (χ1) is 9.95. The molecule has 0 aliphatic heterocycles. The van der Waals surface area contributed by atoms with E-state index in [1.165, 1.54) is 15.3 Å². The molecule has 21 heavy (non-hydrogen) atoms. The van der Waals surface area contributed by atoms with Crippen molar-refractivity contribution in [1.29, 1.82) is 0 Å². The SMILES string of the molecule is Cc1cc(C)n(-c2cc(-n3[c-][n+](C)cc3)c(F)cc2F)n1. The summed E-state index contributed by atoms with van der Waals surface area (Å²) in [6.45, 7) is 3.65. The summed E-state index contributed by atoms with van der Waals surface area (Å²) in [6.07, 6.45) is 6.27. The van der Waals surface area contributed by atoms with Crippen LogP contribution in [0, 0.1) is 31.8 Å². The lowest BCUT2D eigenvalue weighted by Crippen LogP contribution is -2.24. The smallest absolute Gasteiger partial charge is 0.243 e. The van der Waals surface area contributed by atoms with Crippen molar-refractivity contribution in [3.05, 3.63) is 59.9 Å². The van der Waals surface area contributed by atoms with E-state index in [2.05, 4.69) is 11.4 Å². The van der Waals surface area contributed by atoms with Gasteiger partial charge in [-0.2, -0.15) is 5.10 Å². The first-order valence-corrected chi connectivity index (χ1v) is 6.45. The fourth-order valence-electron chi connectivity index (χ4n) is 2.28. The molecule has 108 valence electrons. The Morgan fingerprint density at radius 2 is 1.81 bits per heavy atom. The number of hydrogen-bond donors (Lipinski definition) is 0. The lowest BCUT2D eigenvalue weighted by molar-refractivity contribution is -0.674. The van der Waals surface area contributed by atoms with E-state index in [9.17, 15) is 8.78 Å². The normalized spacial score (nSPS) is 11.1. The Labute approximate surface area is 120 Å². The van der Waals surface area contributed by atoms with Crippen LogP contribution in [0.25, 0.3) is 11.4 Å². The summed E-state index contributed by atoms with van der Waals surface area (Å²) in [7, 11) is 1.78. The van der Waals surface area contributed by atoms with Gasteiger partial charge < -0.3 is 9.13 Å². The molecule has 4 nitrogen and oxygen atoms in total. The maximum Gasteiger partial charge on any atom is 0.243 e. The van der Waals surface area contributed by atoms with E-state index in [-0.39, 0.29) is 11.4 Å². The number of imidazole rings is 1. The van der Waals surface area contributed by atoms with Gasteiger partial charge in [0.15, 0.2) is 0 Å². The van der Waals surface area contributed by atoms with Gasteiger partial charge in [0, 0.05) is 24.2 Å². The third-order valence-electron chi connectivity index (χ3n) is 3.22. The van der Waals surface area contributed by atoms with E-state index in [1.807, 2.05) is 19.9 Å². The average molecular weight is 288 g/mol. The van der Waals surface area contributed by atoms with Gasteiger partial charge in [-0.3, -0.25) is 0 Å². The van der Waals surface area contributed by atoms with Crippen molar-refractivity contribution in [2.24, 2.45) is 7.05 Å². The number of halogens is 2. The van der Waals surface area contributed by atoms with Gasteiger partial charge in [0.05, 0.1) is 24.1 Å². The number of aryl methyl sites for hydroxylation is 3. The third kappa shape index (κ3) is 2.33. The molecule has 0 spiro atoms. The monoisotopic (exact) mass is 288 g/mol. The summed E-state index contributed by atoms with van der Waals surface area (Å²) in [4.78, 5) is 0. The zero-order valence-corrected chi connectivity index (χ0v) is 11.9. The van der Waals surface area contributed by atoms with E-state index >= 15 is 0 Å². The fourth-order valence-corrected chi connectivity index (χ4v) is 2.28. The van der Waals surface area contributed by atoms with Gasteiger partial charge >= 0.3 is 0 Å². The number of aromatic nitrogens is 4. The van der Waals surface area contributed by atoms with Gasteiger partial charge in [0.1, 0.15) is 11.6 Å². The summed E-state index contributed by atoms with van der Waals surface area (Å²) in [5, 5.41) is 4.24. The van der Waals surface area contributed by atoms with E-state index in [0.29, 0.717) is 0 Å². The van der Waals surface area contributed by atoms with Gasteiger partial charge in [0.25, 0.3) is 0 Å². The molecule has 2 aromatic heterocycles. The summed E-state index contributed by atoms with van der Waals surface area (Å²) >= 11 is 0. The summed E-state index contributed by atoms with van der Waals surface area (Å²) in [5.74, 6) is -1.30. The minimum atomic E-state index is -0.654. The van der Waals surface area contributed by atoms with Crippen molar-refractivity contribution < 1.29 is 13.3 Å². The largest absolute Gasteiger partial charge is 0.324 e. The quantitative estimate of drug-likeness (QED) is 0.524. The molecular formula is C15H14F2N4. The zero-order chi connectivity index (χ0) is 15.1. The van der Waals surface area contributed by atoms with Crippen LogP contribution in [0.4, 0.5) is 8.78 Å². The Balaban J connectivity index is 2.20. The van der Waals surface area contributed by atoms with Crippen molar-refractivity contribution in [3.8, 4) is 11.4 Å². The second-order valence-electron chi connectivity index (χ2n) is 4.97. The van der Waals surface area contributed by atoms with Crippen molar-refractivity contribution >= 4 is 0 Å². The highest BCUT2D eigenvalue weighted by Gasteiger charge is 2.14. The van der Waals surface area contributed by atoms with Crippen LogP contribution in [0.1, 0.15) is 11.4 Å². The van der Waals surface area contributed by atoms with Crippen molar-refractivity contribution in [3.63, 3.8) is 0 Å². The summed E-state index contributed by atoms with van der Waals surface area (Å²) in [6, 6.07) is 4.14. The molecule has 0 saturated carbocycles. The van der Waals surface area contributed by atoms with Crippen LogP contribution >= 0.6 is 0 Å². The van der Waals surface area contributed by atoms with E-state index in [0.717, 1.165) is 17.5 Å². The standard InChI is InChI=1S/C15H14F2N4/c1-10-6-11(2)21(18-10)15-8-14(12(16)7-13(15)17)20-5-4-19(3)9-20/h4-8H,1-3H3. The molecular weight excluding hydrogens is 274 g/mol. The Morgan fingerprint density at radius 3 is 2.38 bits per heavy atom. The Morgan fingerprint density at radius 1 is 1.10 bits per heavy atom. The van der Waals surface area contributed by atoms with Gasteiger partial charge in [0.2, 0.25) is 6.33 Å². The Bertz CT molecular complexity index is 817. The molecule has 3 aromatic rings. The highest BCUT2D eigenvalue weighted by molar-refractivity contribution is 5.46. The van der Waals surface area contributed by atoms with E-state index in [4.69, 9.17) is 0 Å². The Hall–Kier alpha value is -2.50. The minimum Gasteiger partial charge on any atom is -0.324 e. The second-order valence-corrected chi connectivity index (χ2v) is 4.97. The second kappa shape index (κ2) is 4.80. The molecule has 6 heteroatoms. The minimum absolute atomic E-state index is 0.210. The lowest BCUT2D eigenvalue weighted by Gasteiger charge is -2.11. The predicted molar refractivity (Wildman–Crippen MR) is 72.3 cm³/mol. The molecule has 0 bridgehead atoms. The summed E-state index contributed by atoms with van der Waals surface area (Å²) in [5.41, 5.74) is 1.99. The first kappa shape index (κ1) is 13.5. The van der Waals surface area contributed by atoms with Crippen LogP contribution in [0.15, 0.2) is 30.6 Å². The molecule has 0 unspecified atom stereocenters. The molecule has 0 saturated heterocycles. The van der Waals surface area contributed by atoms with Gasteiger partial charge in [-0.25, -0.2) is 13.5 Å². The maximum atomic E-state index is 14.1. The topological polar surface area (TPSA) is 26.6 Å². The van der Waals surface area contributed by atoms with Crippen LogP contribution in [0.3, 0.4) is 0 Å². The van der Waals surface area contributed by atoms with Crippen LogP contribution in [0.2, 0.25) is 0 Å². The fraction of sp³-hybridized carbons (Fsp3) is 0.200. The van der Waals surface area contributed by atoms with Crippen molar-refractivity contribution in [2.75, 3.05) is 0 Å². The summed E-state index contributed by atoms with van der Waals surface area (Å²) < 4.78 is 32.7. The molecule has 3 rings (SSSR count). The van der Waals surface area contributed by atoms with Crippen LogP contribution in [-0.4, -0.2) is 14.3 Å². The van der Waals surface area contributed by atoms with Gasteiger partial charge in [-0.1, -0.05) is 0 Å². The number of rotatable bonds is 2.